The Bertz CT molecular complexity index is 762. The first-order valence-corrected chi connectivity index (χ1v) is 7.80. The predicted octanol–water partition coefficient (Wildman–Crippen LogP) is 3.89. The Balaban J connectivity index is 1.91. The van der Waals surface area contributed by atoms with Crippen molar-refractivity contribution < 1.29 is 32.3 Å². The van der Waals surface area contributed by atoms with Crippen molar-refractivity contribution in [3.05, 3.63) is 60.8 Å². The lowest BCUT2D eigenvalue weighted by molar-refractivity contribution is -0.139. The molecular weight excluding hydrogens is 365 g/mol. The van der Waals surface area contributed by atoms with Crippen molar-refractivity contribution in [2.45, 2.75) is 19.2 Å². The average Bonchev–Trinajstić information content (AvgIpc) is 2.63. The normalized spacial score (nSPS) is 12.1. The molecule has 1 atom stereocenters. The maximum absolute atomic E-state index is 12.5. The Labute approximate surface area is 153 Å². The van der Waals surface area contributed by atoms with E-state index in [0.29, 0.717) is 17.7 Å². The summed E-state index contributed by atoms with van der Waals surface area (Å²) in [5.74, 6) is 0.296. The van der Waals surface area contributed by atoms with Crippen LogP contribution in [0, 0.1) is 0 Å². The number of alkyl halides is 3. The van der Waals surface area contributed by atoms with Crippen LogP contribution in [0.25, 0.3) is 0 Å². The quantitative estimate of drug-likeness (QED) is 0.426. The fraction of sp³-hybridized carbons (Fsp3) is 0.222. The zero-order chi connectivity index (χ0) is 19.9. The fourth-order valence-electron chi connectivity index (χ4n) is 1.83. The lowest BCUT2D eigenvalue weighted by Crippen LogP contribution is -2.36. The first kappa shape index (κ1) is 20.2. The Morgan fingerprint density at radius 3 is 2.44 bits per heavy atom. The first-order chi connectivity index (χ1) is 12.8. The molecule has 1 N–H and O–H groups in total. The zero-order valence-corrected chi connectivity index (χ0v) is 14.3. The van der Waals surface area contributed by atoms with E-state index in [9.17, 15) is 18.0 Å². The van der Waals surface area contributed by atoms with Crippen molar-refractivity contribution in [1.82, 2.24) is 10.5 Å². The van der Waals surface area contributed by atoms with Gasteiger partial charge in [-0.05, 0) is 37.3 Å². The van der Waals surface area contributed by atoms with Crippen LogP contribution in [0.5, 0.6) is 17.4 Å². The monoisotopic (exact) mass is 382 g/mol. The minimum absolute atomic E-state index is 0.0174. The second kappa shape index (κ2) is 9.04. The van der Waals surface area contributed by atoms with Crippen LogP contribution in [-0.2, 0) is 15.8 Å². The van der Waals surface area contributed by atoms with Crippen molar-refractivity contribution in [2.24, 2.45) is 0 Å². The van der Waals surface area contributed by atoms with Crippen molar-refractivity contribution >= 4 is 5.91 Å². The molecule has 0 fully saturated rings. The highest BCUT2D eigenvalue weighted by Crippen LogP contribution is 2.30. The van der Waals surface area contributed by atoms with Crippen molar-refractivity contribution in [1.29, 1.82) is 0 Å². The molecule has 0 bridgehead atoms. The van der Waals surface area contributed by atoms with Gasteiger partial charge in [0.05, 0.1) is 12.2 Å². The van der Waals surface area contributed by atoms with Gasteiger partial charge >= 0.3 is 6.18 Å². The van der Waals surface area contributed by atoms with Crippen molar-refractivity contribution in [3.63, 3.8) is 0 Å². The van der Waals surface area contributed by atoms with Crippen LogP contribution in [0.15, 0.2) is 55.3 Å². The largest absolute Gasteiger partial charge is 0.481 e. The number of hydrogen-bond donors (Lipinski definition) is 1. The molecule has 9 heteroatoms. The van der Waals surface area contributed by atoms with E-state index in [4.69, 9.17) is 14.3 Å². The third-order valence-corrected chi connectivity index (χ3v) is 3.17. The highest BCUT2D eigenvalue weighted by Gasteiger charge is 2.30. The van der Waals surface area contributed by atoms with E-state index in [0.717, 1.165) is 12.1 Å². The van der Waals surface area contributed by atoms with E-state index < -0.39 is 23.8 Å². The number of aromatic nitrogens is 1. The second-order valence-electron chi connectivity index (χ2n) is 5.28. The molecule has 0 spiro atoms. The molecule has 0 aliphatic rings. The summed E-state index contributed by atoms with van der Waals surface area (Å²) in [6.07, 6.45) is -3.08. The molecule has 144 valence electrons. The number of hydroxylamine groups is 1. The smallest absolute Gasteiger partial charge is 0.417 e. The highest BCUT2D eigenvalue weighted by molar-refractivity contribution is 5.79. The minimum Gasteiger partial charge on any atom is -0.481 e. The zero-order valence-electron chi connectivity index (χ0n) is 14.3. The van der Waals surface area contributed by atoms with Gasteiger partial charge in [-0.15, -0.1) is 6.58 Å². The molecule has 1 amide bonds. The van der Waals surface area contributed by atoms with Crippen LogP contribution >= 0.6 is 0 Å². The predicted molar refractivity (Wildman–Crippen MR) is 90.1 cm³/mol. The molecule has 0 saturated carbocycles. The Hall–Kier alpha value is -3.07. The van der Waals surface area contributed by atoms with E-state index in [1.54, 1.807) is 19.1 Å². The summed E-state index contributed by atoms with van der Waals surface area (Å²) in [5, 5.41) is 0. The number of nitrogens with one attached hydrogen (secondary N) is 1. The number of rotatable bonds is 8. The summed E-state index contributed by atoms with van der Waals surface area (Å²) in [5.41, 5.74) is 1.36. The van der Waals surface area contributed by atoms with E-state index in [-0.39, 0.29) is 12.5 Å². The summed E-state index contributed by atoms with van der Waals surface area (Å²) in [4.78, 5) is 20.2. The van der Waals surface area contributed by atoms with E-state index in [2.05, 4.69) is 17.0 Å². The molecule has 0 radical (unpaired) electrons. The number of amides is 1. The third kappa shape index (κ3) is 6.30. The Morgan fingerprint density at radius 1 is 1.22 bits per heavy atom. The first-order valence-electron chi connectivity index (χ1n) is 7.80. The standard InChI is InChI=1S/C18H17F3N2O4/c1-3-10-25-23-17(24)12(2)26-14-5-7-15(8-6-14)27-16-9-4-13(11-22-16)18(19,20)21/h3-9,11-12H,1,10H2,2H3,(H,23,24)/t12-/m1/s1. The van der Waals surface area contributed by atoms with Crippen LogP contribution < -0.4 is 15.0 Å². The molecular formula is C18H17F3N2O4. The topological polar surface area (TPSA) is 69.7 Å². The fourth-order valence-corrected chi connectivity index (χ4v) is 1.83. The number of carbonyl (C=O) groups is 1. The lowest BCUT2D eigenvalue weighted by Gasteiger charge is -2.14. The van der Waals surface area contributed by atoms with Gasteiger partial charge < -0.3 is 9.47 Å². The number of halogens is 3. The molecule has 6 nitrogen and oxygen atoms in total. The third-order valence-electron chi connectivity index (χ3n) is 3.17. The maximum atomic E-state index is 12.5. The van der Waals surface area contributed by atoms with E-state index in [1.807, 2.05) is 0 Å². The van der Waals surface area contributed by atoms with Crippen molar-refractivity contribution in [3.8, 4) is 17.4 Å². The summed E-state index contributed by atoms with van der Waals surface area (Å²) >= 11 is 0. The van der Waals surface area contributed by atoms with Gasteiger partial charge in [0.1, 0.15) is 11.5 Å². The van der Waals surface area contributed by atoms with Crippen LogP contribution in [0.2, 0.25) is 0 Å². The molecule has 0 aliphatic heterocycles. The average molecular weight is 382 g/mol. The van der Waals surface area contributed by atoms with Crippen LogP contribution in [0.4, 0.5) is 13.2 Å². The molecule has 2 rings (SSSR count). The Kier molecular flexibility index (Phi) is 6.78. The molecule has 27 heavy (non-hydrogen) atoms. The molecule has 0 aliphatic carbocycles. The van der Waals surface area contributed by atoms with Gasteiger partial charge in [-0.1, -0.05) is 6.08 Å². The van der Waals surface area contributed by atoms with Gasteiger partial charge in [-0.2, -0.15) is 13.2 Å². The van der Waals surface area contributed by atoms with Gasteiger partial charge in [0.2, 0.25) is 5.88 Å². The number of hydrogen-bond acceptors (Lipinski definition) is 5. The SMILES string of the molecule is C=CCONC(=O)[C@@H](C)Oc1ccc(Oc2ccc(C(F)(F)F)cn2)cc1. The summed E-state index contributed by atoms with van der Waals surface area (Å²) in [7, 11) is 0. The van der Waals surface area contributed by atoms with Crippen LogP contribution in [0.3, 0.4) is 0 Å². The van der Waals surface area contributed by atoms with Crippen LogP contribution in [0.1, 0.15) is 12.5 Å². The minimum atomic E-state index is -4.45. The van der Waals surface area contributed by atoms with Gasteiger partial charge in [0.25, 0.3) is 5.91 Å². The number of ether oxygens (including phenoxy) is 2. The number of nitrogens with zero attached hydrogens (tertiary/aromatic N) is 1. The van der Waals surface area contributed by atoms with Gasteiger partial charge in [0, 0.05) is 12.3 Å². The summed E-state index contributed by atoms with van der Waals surface area (Å²) in [6, 6.07) is 8.18. The molecule has 1 aromatic carbocycles. The van der Waals surface area contributed by atoms with E-state index >= 15 is 0 Å². The molecule has 0 saturated heterocycles. The summed E-state index contributed by atoms with van der Waals surface area (Å²) < 4.78 is 48.3. The van der Waals surface area contributed by atoms with E-state index in [1.165, 1.54) is 18.2 Å². The number of carbonyl (C=O) groups excluding carboxylic acids is 1. The maximum Gasteiger partial charge on any atom is 0.417 e. The second-order valence-corrected chi connectivity index (χ2v) is 5.28. The number of pyridine rings is 1. The van der Waals surface area contributed by atoms with Gasteiger partial charge in [-0.25, -0.2) is 10.5 Å². The number of benzene rings is 1. The highest BCUT2D eigenvalue weighted by atomic mass is 19.4. The Morgan fingerprint density at radius 2 is 1.89 bits per heavy atom. The van der Waals surface area contributed by atoms with Crippen molar-refractivity contribution in [2.75, 3.05) is 6.61 Å². The lowest BCUT2D eigenvalue weighted by atomic mass is 10.3. The van der Waals surface area contributed by atoms with Crippen LogP contribution in [-0.4, -0.2) is 23.6 Å². The van der Waals surface area contributed by atoms with Gasteiger partial charge in [-0.3, -0.25) is 9.63 Å². The molecule has 2 aromatic rings. The molecule has 0 unspecified atom stereocenters. The molecule has 1 heterocycles. The van der Waals surface area contributed by atoms with Gasteiger partial charge in [0.15, 0.2) is 6.10 Å². The summed E-state index contributed by atoms with van der Waals surface area (Å²) in [6.45, 7) is 5.16. The molecule has 1 aromatic heterocycles.